The molecule has 2 aromatic rings. The van der Waals surface area contributed by atoms with E-state index in [1.807, 2.05) is 62.4 Å². The van der Waals surface area contributed by atoms with E-state index < -0.39 is 0 Å². The molecule has 5 heteroatoms. The predicted molar refractivity (Wildman–Crippen MR) is 110 cm³/mol. The van der Waals surface area contributed by atoms with E-state index in [4.69, 9.17) is 4.74 Å². The standard InChI is InChI=1S/C21H28N2O2.ClH/c1-5-23(6-2)17(4)21(24)22-20-13-12-19(14-16(20)3)25-15-18-10-8-7-9-11-18;/h7-14,17H,5-6,15H2,1-4H3,(H,22,24);1H. The largest absolute Gasteiger partial charge is 0.489 e. The van der Waals surface area contributed by atoms with Gasteiger partial charge in [0, 0.05) is 5.69 Å². The molecule has 1 N–H and O–H groups in total. The first-order chi connectivity index (χ1) is 12.0. The van der Waals surface area contributed by atoms with E-state index in [0.717, 1.165) is 35.7 Å². The van der Waals surface area contributed by atoms with Gasteiger partial charge in [-0.05, 0) is 56.3 Å². The molecule has 0 saturated carbocycles. The topological polar surface area (TPSA) is 41.6 Å². The maximum absolute atomic E-state index is 12.4. The fourth-order valence-corrected chi connectivity index (χ4v) is 2.78. The van der Waals surface area contributed by atoms with Gasteiger partial charge in [0.15, 0.2) is 0 Å². The molecule has 0 spiro atoms. The molecule has 1 unspecified atom stereocenters. The zero-order chi connectivity index (χ0) is 18.2. The van der Waals surface area contributed by atoms with E-state index in [-0.39, 0.29) is 24.4 Å². The molecule has 2 rings (SSSR count). The highest BCUT2D eigenvalue weighted by Crippen LogP contribution is 2.22. The molecule has 142 valence electrons. The van der Waals surface area contributed by atoms with Crippen LogP contribution in [0.25, 0.3) is 0 Å². The summed E-state index contributed by atoms with van der Waals surface area (Å²) in [6.07, 6.45) is 0. The van der Waals surface area contributed by atoms with Gasteiger partial charge in [-0.25, -0.2) is 0 Å². The number of nitrogens with zero attached hydrogens (tertiary/aromatic N) is 1. The summed E-state index contributed by atoms with van der Waals surface area (Å²) in [6.45, 7) is 10.3. The Kier molecular flexibility index (Phi) is 9.17. The summed E-state index contributed by atoms with van der Waals surface area (Å²) in [6, 6.07) is 15.7. The lowest BCUT2D eigenvalue weighted by atomic mass is 10.1. The van der Waals surface area contributed by atoms with Crippen molar-refractivity contribution in [2.75, 3.05) is 18.4 Å². The number of amides is 1. The van der Waals surface area contributed by atoms with Crippen LogP contribution in [0.4, 0.5) is 5.69 Å². The molecular formula is C21H29ClN2O2. The number of rotatable bonds is 8. The molecule has 0 aliphatic carbocycles. The van der Waals surface area contributed by atoms with Gasteiger partial charge in [0.05, 0.1) is 6.04 Å². The Morgan fingerprint density at radius 1 is 1.12 bits per heavy atom. The summed E-state index contributed by atoms with van der Waals surface area (Å²) in [5.74, 6) is 0.820. The van der Waals surface area contributed by atoms with E-state index in [2.05, 4.69) is 24.1 Å². The van der Waals surface area contributed by atoms with E-state index in [1.54, 1.807) is 0 Å². The van der Waals surface area contributed by atoms with E-state index >= 15 is 0 Å². The monoisotopic (exact) mass is 376 g/mol. The van der Waals surface area contributed by atoms with Gasteiger partial charge >= 0.3 is 0 Å². The van der Waals surface area contributed by atoms with Crippen molar-refractivity contribution in [1.29, 1.82) is 0 Å². The molecular weight excluding hydrogens is 348 g/mol. The molecule has 0 aromatic heterocycles. The summed E-state index contributed by atoms with van der Waals surface area (Å²) in [5, 5.41) is 3.02. The highest BCUT2D eigenvalue weighted by molar-refractivity contribution is 5.95. The summed E-state index contributed by atoms with van der Waals surface area (Å²) in [5.41, 5.74) is 2.95. The number of likely N-dealkylation sites (N-methyl/N-ethyl adjacent to an activating group) is 1. The summed E-state index contributed by atoms with van der Waals surface area (Å²) >= 11 is 0. The number of hydrogen-bond acceptors (Lipinski definition) is 3. The average molecular weight is 377 g/mol. The average Bonchev–Trinajstić information content (AvgIpc) is 2.63. The number of hydrogen-bond donors (Lipinski definition) is 1. The predicted octanol–water partition coefficient (Wildman–Crippen LogP) is 4.66. The van der Waals surface area contributed by atoms with Crippen LogP contribution in [-0.2, 0) is 11.4 Å². The fraction of sp³-hybridized carbons (Fsp3) is 0.381. The van der Waals surface area contributed by atoms with Gasteiger partial charge in [-0.2, -0.15) is 0 Å². The van der Waals surface area contributed by atoms with Crippen molar-refractivity contribution in [1.82, 2.24) is 4.90 Å². The Morgan fingerprint density at radius 3 is 2.35 bits per heavy atom. The van der Waals surface area contributed by atoms with Crippen LogP contribution in [0.1, 0.15) is 31.9 Å². The highest BCUT2D eigenvalue weighted by Gasteiger charge is 2.19. The van der Waals surface area contributed by atoms with Crippen LogP contribution in [0.2, 0.25) is 0 Å². The number of carbonyl (C=O) groups is 1. The maximum Gasteiger partial charge on any atom is 0.241 e. The third kappa shape index (κ3) is 6.04. The van der Waals surface area contributed by atoms with Crippen LogP contribution in [0.3, 0.4) is 0 Å². The quantitative estimate of drug-likeness (QED) is 0.728. The number of aryl methyl sites for hydroxylation is 1. The van der Waals surface area contributed by atoms with Gasteiger partial charge in [-0.15, -0.1) is 12.4 Å². The second-order valence-electron chi connectivity index (χ2n) is 6.14. The molecule has 0 radical (unpaired) electrons. The van der Waals surface area contributed by atoms with Crippen LogP contribution >= 0.6 is 12.4 Å². The molecule has 0 saturated heterocycles. The molecule has 0 bridgehead atoms. The Balaban J connectivity index is 0.00000338. The van der Waals surface area contributed by atoms with E-state index in [9.17, 15) is 4.79 Å². The SMILES string of the molecule is CCN(CC)C(C)C(=O)Nc1ccc(OCc2ccccc2)cc1C.Cl. The normalized spacial score (nSPS) is 11.6. The van der Waals surface area contributed by atoms with E-state index in [1.165, 1.54) is 0 Å². The van der Waals surface area contributed by atoms with Crippen molar-refractivity contribution in [3.8, 4) is 5.75 Å². The third-order valence-corrected chi connectivity index (χ3v) is 4.44. The smallest absolute Gasteiger partial charge is 0.241 e. The molecule has 26 heavy (non-hydrogen) atoms. The number of ether oxygens (including phenoxy) is 1. The Bertz CT molecular complexity index is 688. The molecule has 0 heterocycles. The Labute approximate surface area is 163 Å². The highest BCUT2D eigenvalue weighted by atomic mass is 35.5. The van der Waals surface area contributed by atoms with Crippen LogP contribution in [0, 0.1) is 6.92 Å². The molecule has 1 amide bonds. The first kappa shape index (κ1) is 22.0. The Morgan fingerprint density at radius 2 is 1.77 bits per heavy atom. The molecule has 1 atom stereocenters. The minimum Gasteiger partial charge on any atom is -0.489 e. The van der Waals surface area contributed by atoms with Crippen molar-refractivity contribution in [2.45, 2.75) is 40.3 Å². The van der Waals surface area contributed by atoms with Gasteiger partial charge in [-0.1, -0.05) is 44.2 Å². The molecule has 0 aliphatic rings. The van der Waals surface area contributed by atoms with Crippen LogP contribution < -0.4 is 10.1 Å². The molecule has 2 aromatic carbocycles. The van der Waals surface area contributed by atoms with Crippen molar-refractivity contribution >= 4 is 24.0 Å². The lowest BCUT2D eigenvalue weighted by Crippen LogP contribution is -2.41. The lowest BCUT2D eigenvalue weighted by molar-refractivity contribution is -0.120. The van der Waals surface area contributed by atoms with Crippen molar-refractivity contribution in [3.63, 3.8) is 0 Å². The molecule has 0 fully saturated rings. The number of nitrogens with one attached hydrogen (secondary N) is 1. The first-order valence-electron chi connectivity index (χ1n) is 8.87. The molecule has 0 aliphatic heterocycles. The molecule has 4 nitrogen and oxygen atoms in total. The summed E-state index contributed by atoms with van der Waals surface area (Å²) in [7, 11) is 0. The number of halogens is 1. The van der Waals surface area contributed by atoms with Crippen molar-refractivity contribution in [2.24, 2.45) is 0 Å². The van der Waals surface area contributed by atoms with Gasteiger partial charge in [0.2, 0.25) is 5.91 Å². The fourth-order valence-electron chi connectivity index (χ4n) is 2.78. The maximum atomic E-state index is 12.4. The first-order valence-corrected chi connectivity index (χ1v) is 8.87. The third-order valence-electron chi connectivity index (χ3n) is 4.44. The van der Waals surface area contributed by atoms with Crippen molar-refractivity contribution in [3.05, 3.63) is 59.7 Å². The van der Waals surface area contributed by atoms with Gasteiger partial charge in [0.1, 0.15) is 12.4 Å². The second-order valence-corrected chi connectivity index (χ2v) is 6.14. The van der Waals surface area contributed by atoms with Gasteiger partial charge in [-0.3, -0.25) is 9.69 Å². The van der Waals surface area contributed by atoms with Crippen molar-refractivity contribution < 1.29 is 9.53 Å². The number of anilines is 1. The Hall–Kier alpha value is -2.04. The zero-order valence-corrected chi connectivity index (χ0v) is 16.8. The van der Waals surface area contributed by atoms with Gasteiger partial charge in [0.25, 0.3) is 0 Å². The minimum absolute atomic E-state index is 0. The van der Waals surface area contributed by atoms with Crippen LogP contribution in [0.15, 0.2) is 48.5 Å². The van der Waals surface area contributed by atoms with E-state index in [0.29, 0.717) is 6.61 Å². The number of benzene rings is 2. The zero-order valence-electron chi connectivity index (χ0n) is 16.0. The van der Waals surface area contributed by atoms with Crippen LogP contribution in [-0.4, -0.2) is 29.9 Å². The summed E-state index contributed by atoms with van der Waals surface area (Å²) < 4.78 is 5.83. The second kappa shape index (κ2) is 10.8. The minimum atomic E-state index is -0.150. The lowest BCUT2D eigenvalue weighted by Gasteiger charge is -2.25. The summed E-state index contributed by atoms with van der Waals surface area (Å²) in [4.78, 5) is 14.6. The van der Waals surface area contributed by atoms with Gasteiger partial charge < -0.3 is 10.1 Å². The number of carbonyl (C=O) groups excluding carboxylic acids is 1. The van der Waals surface area contributed by atoms with Crippen LogP contribution in [0.5, 0.6) is 5.75 Å².